The number of hydrogen-bond acceptors (Lipinski definition) is 3. The van der Waals surface area contributed by atoms with E-state index in [1.807, 2.05) is 24.7 Å². The molecule has 1 aliphatic rings. The highest BCUT2D eigenvalue weighted by atomic mass is 16.5. The maximum Gasteiger partial charge on any atom is 0.119 e. The van der Waals surface area contributed by atoms with Gasteiger partial charge in [0.2, 0.25) is 0 Å². The minimum Gasteiger partial charge on any atom is -0.497 e. The maximum absolute atomic E-state index is 5.26. The number of benzene rings is 1. The molecule has 0 unspecified atom stereocenters. The Morgan fingerprint density at radius 1 is 1.40 bits per heavy atom. The molecule has 1 aliphatic carbocycles. The molecule has 0 aliphatic heterocycles. The Hall–Kier alpha value is -1.81. The van der Waals surface area contributed by atoms with Crippen molar-refractivity contribution < 1.29 is 4.74 Å². The third kappa shape index (κ3) is 3.39. The van der Waals surface area contributed by atoms with Crippen molar-refractivity contribution in [3.8, 4) is 5.75 Å². The monoisotopic (exact) mass is 271 g/mol. The van der Waals surface area contributed by atoms with Crippen molar-refractivity contribution in [3.63, 3.8) is 0 Å². The van der Waals surface area contributed by atoms with E-state index in [-0.39, 0.29) is 0 Å². The highest BCUT2D eigenvalue weighted by molar-refractivity contribution is 5.28. The van der Waals surface area contributed by atoms with Gasteiger partial charge < -0.3 is 14.6 Å². The van der Waals surface area contributed by atoms with Crippen LogP contribution in [0, 0.1) is 0 Å². The van der Waals surface area contributed by atoms with E-state index in [0.717, 1.165) is 31.3 Å². The van der Waals surface area contributed by atoms with E-state index in [9.17, 15) is 0 Å². The van der Waals surface area contributed by atoms with Gasteiger partial charge in [0.15, 0.2) is 0 Å². The maximum atomic E-state index is 5.26. The smallest absolute Gasteiger partial charge is 0.119 e. The number of ether oxygens (including phenoxy) is 1. The molecule has 0 amide bonds. The van der Waals surface area contributed by atoms with Gasteiger partial charge in [0.1, 0.15) is 5.75 Å². The molecule has 106 valence electrons. The molecule has 0 spiro atoms. The molecule has 1 heterocycles. The van der Waals surface area contributed by atoms with Crippen molar-refractivity contribution in [2.24, 2.45) is 0 Å². The molecule has 3 rings (SSSR count). The molecule has 4 heteroatoms. The van der Waals surface area contributed by atoms with Gasteiger partial charge in [0.05, 0.1) is 19.1 Å². The summed E-state index contributed by atoms with van der Waals surface area (Å²) in [7, 11) is 1.70. The summed E-state index contributed by atoms with van der Waals surface area (Å²) in [6, 6.07) is 8.99. The molecule has 0 bridgehead atoms. The lowest BCUT2D eigenvalue weighted by Crippen LogP contribution is -2.18. The van der Waals surface area contributed by atoms with E-state index < -0.39 is 0 Å². The fourth-order valence-corrected chi connectivity index (χ4v) is 2.31. The van der Waals surface area contributed by atoms with Gasteiger partial charge >= 0.3 is 0 Å². The highest BCUT2D eigenvalue weighted by Crippen LogP contribution is 2.19. The lowest BCUT2D eigenvalue weighted by Gasteiger charge is -2.09. The van der Waals surface area contributed by atoms with Crippen LogP contribution in [0.3, 0.4) is 0 Å². The predicted molar refractivity (Wildman–Crippen MR) is 78.8 cm³/mol. The number of imidazole rings is 1. The molecule has 20 heavy (non-hydrogen) atoms. The van der Waals surface area contributed by atoms with E-state index in [0.29, 0.717) is 0 Å². The SMILES string of the molecule is COc1cccc(CCn2cncc2CNC2CC2)c1. The molecule has 1 aromatic carbocycles. The first-order valence-electron chi connectivity index (χ1n) is 7.20. The van der Waals surface area contributed by atoms with Crippen LogP contribution >= 0.6 is 0 Å². The Kier molecular flexibility index (Phi) is 4.02. The van der Waals surface area contributed by atoms with Crippen molar-refractivity contribution in [1.29, 1.82) is 0 Å². The summed E-state index contributed by atoms with van der Waals surface area (Å²) in [5, 5.41) is 3.53. The van der Waals surface area contributed by atoms with E-state index in [1.54, 1.807) is 7.11 Å². The average molecular weight is 271 g/mol. The van der Waals surface area contributed by atoms with E-state index in [4.69, 9.17) is 4.74 Å². The van der Waals surface area contributed by atoms with Crippen molar-refractivity contribution >= 4 is 0 Å². The van der Waals surface area contributed by atoms with Crippen LogP contribution in [0.25, 0.3) is 0 Å². The number of aromatic nitrogens is 2. The highest BCUT2D eigenvalue weighted by Gasteiger charge is 2.20. The fraction of sp³-hybridized carbons (Fsp3) is 0.438. The molecular formula is C16H21N3O. The standard InChI is InChI=1S/C16H21N3O/c1-20-16-4-2-3-13(9-16)7-8-19-12-17-10-15(19)11-18-14-5-6-14/h2-4,9-10,12,14,18H,5-8,11H2,1H3. The Morgan fingerprint density at radius 2 is 2.30 bits per heavy atom. The molecule has 1 N–H and O–H groups in total. The van der Waals surface area contributed by atoms with Crippen LogP contribution in [-0.4, -0.2) is 22.7 Å². The summed E-state index contributed by atoms with van der Waals surface area (Å²) in [6.07, 6.45) is 7.50. The largest absolute Gasteiger partial charge is 0.497 e. The topological polar surface area (TPSA) is 39.1 Å². The zero-order valence-electron chi connectivity index (χ0n) is 11.9. The van der Waals surface area contributed by atoms with Crippen molar-refractivity contribution in [1.82, 2.24) is 14.9 Å². The number of aryl methyl sites for hydroxylation is 2. The third-order valence-corrected chi connectivity index (χ3v) is 3.72. The Morgan fingerprint density at radius 3 is 3.10 bits per heavy atom. The number of nitrogens with zero attached hydrogens (tertiary/aromatic N) is 2. The van der Waals surface area contributed by atoms with Gasteiger partial charge in [-0.15, -0.1) is 0 Å². The Balaban J connectivity index is 1.58. The zero-order valence-corrected chi connectivity index (χ0v) is 11.9. The average Bonchev–Trinajstić information content (AvgIpc) is 3.21. The second kappa shape index (κ2) is 6.09. The second-order valence-electron chi connectivity index (χ2n) is 5.34. The van der Waals surface area contributed by atoms with Gasteiger partial charge in [0.25, 0.3) is 0 Å². The molecule has 0 radical (unpaired) electrons. The Labute approximate surface area is 119 Å². The van der Waals surface area contributed by atoms with Gasteiger partial charge in [-0.1, -0.05) is 12.1 Å². The second-order valence-corrected chi connectivity index (χ2v) is 5.34. The van der Waals surface area contributed by atoms with E-state index in [1.165, 1.54) is 24.1 Å². The quantitative estimate of drug-likeness (QED) is 0.840. The van der Waals surface area contributed by atoms with E-state index >= 15 is 0 Å². The van der Waals surface area contributed by atoms with Gasteiger partial charge in [0, 0.05) is 25.3 Å². The number of nitrogens with one attached hydrogen (secondary N) is 1. The molecule has 1 fully saturated rings. The molecule has 0 atom stereocenters. The summed E-state index contributed by atoms with van der Waals surface area (Å²) in [5.74, 6) is 0.920. The molecule has 1 aromatic heterocycles. The Bertz CT molecular complexity index is 560. The van der Waals surface area contributed by atoms with Crippen molar-refractivity contribution in [2.75, 3.05) is 7.11 Å². The number of rotatable bonds is 7. The van der Waals surface area contributed by atoms with Crippen LogP contribution in [0.15, 0.2) is 36.8 Å². The van der Waals surface area contributed by atoms with E-state index in [2.05, 4.69) is 27.0 Å². The van der Waals surface area contributed by atoms with Crippen LogP contribution < -0.4 is 10.1 Å². The summed E-state index contributed by atoms with van der Waals surface area (Å²) in [6.45, 7) is 1.87. The summed E-state index contributed by atoms with van der Waals surface area (Å²) >= 11 is 0. The minimum atomic E-state index is 0.733. The van der Waals surface area contributed by atoms with Crippen LogP contribution in [0.1, 0.15) is 24.1 Å². The zero-order chi connectivity index (χ0) is 13.8. The molecule has 2 aromatic rings. The lowest BCUT2D eigenvalue weighted by molar-refractivity contribution is 0.414. The molecule has 1 saturated carbocycles. The fourth-order valence-electron chi connectivity index (χ4n) is 2.31. The minimum absolute atomic E-state index is 0.733. The first-order valence-corrected chi connectivity index (χ1v) is 7.20. The molecular weight excluding hydrogens is 250 g/mol. The summed E-state index contributed by atoms with van der Waals surface area (Å²) in [5.41, 5.74) is 2.55. The van der Waals surface area contributed by atoms with Crippen LogP contribution in [0.4, 0.5) is 0 Å². The van der Waals surface area contributed by atoms with Crippen LogP contribution in [-0.2, 0) is 19.5 Å². The molecule has 4 nitrogen and oxygen atoms in total. The summed E-state index contributed by atoms with van der Waals surface area (Å²) < 4.78 is 7.49. The van der Waals surface area contributed by atoms with Gasteiger partial charge in [-0.05, 0) is 37.0 Å². The lowest BCUT2D eigenvalue weighted by atomic mass is 10.1. The molecule has 0 saturated heterocycles. The van der Waals surface area contributed by atoms with Gasteiger partial charge in [-0.3, -0.25) is 0 Å². The number of hydrogen-bond donors (Lipinski definition) is 1. The van der Waals surface area contributed by atoms with Crippen molar-refractivity contribution in [3.05, 3.63) is 48.0 Å². The first kappa shape index (κ1) is 13.2. The summed E-state index contributed by atoms with van der Waals surface area (Å²) in [4.78, 5) is 4.26. The number of methoxy groups -OCH3 is 1. The van der Waals surface area contributed by atoms with Crippen LogP contribution in [0.5, 0.6) is 5.75 Å². The van der Waals surface area contributed by atoms with Crippen molar-refractivity contribution in [2.45, 2.75) is 38.4 Å². The normalized spacial score (nSPS) is 14.4. The van der Waals surface area contributed by atoms with Gasteiger partial charge in [-0.25, -0.2) is 4.98 Å². The van der Waals surface area contributed by atoms with Crippen LogP contribution in [0.2, 0.25) is 0 Å². The van der Waals surface area contributed by atoms with Gasteiger partial charge in [-0.2, -0.15) is 0 Å². The third-order valence-electron chi connectivity index (χ3n) is 3.72. The predicted octanol–water partition coefficient (Wildman–Crippen LogP) is 2.39. The first-order chi connectivity index (χ1) is 9.85.